The molecule has 2 aromatic rings. The molecule has 1 atom stereocenters. The molecule has 20 heavy (non-hydrogen) atoms. The number of aliphatic hydroxyl groups excluding tert-OH is 1. The van der Waals surface area contributed by atoms with E-state index >= 15 is 0 Å². The van der Waals surface area contributed by atoms with Gasteiger partial charge in [-0.1, -0.05) is 12.1 Å². The molecule has 106 valence electrons. The number of rotatable bonds is 4. The summed E-state index contributed by atoms with van der Waals surface area (Å²) in [4.78, 5) is 0. The van der Waals surface area contributed by atoms with Gasteiger partial charge in [-0.2, -0.15) is 0 Å². The van der Waals surface area contributed by atoms with Gasteiger partial charge in [-0.05, 0) is 63.8 Å². The molecular weight excluding hydrogens is 323 g/mol. The molecule has 2 rings (SSSR count). The predicted molar refractivity (Wildman–Crippen MR) is 80.5 cm³/mol. The lowest BCUT2D eigenvalue weighted by molar-refractivity contribution is 0.178. The third kappa shape index (κ3) is 3.38. The number of benzene rings is 2. The molecule has 0 spiro atoms. The van der Waals surface area contributed by atoms with Gasteiger partial charge in [-0.25, -0.2) is 4.39 Å². The van der Waals surface area contributed by atoms with Crippen LogP contribution in [-0.2, 0) is 6.42 Å². The Kier molecular flexibility index (Phi) is 4.78. The molecule has 0 amide bonds. The molecule has 1 N–H and O–H groups in total. The Morgan fingerprint density at radius 2 is 2.00 bits per heavy atom. The van der Waals surface area contributed by atoms with E-state index in [-0.39, 0.29) is 5.82 Å². The quantitative estimate of drug-likeness (QED) is 0.905. The summed E-state index contributed by atoms with van der Waals surface area (Å²) >= 11 is 3.40. The molecule has 2 nitrogen and oxygen atoms in total. The summed E-state index contributed by atoms with van der Waals surface area (Å²) in [6, 6.07) is 10.1. The van der Waals surface area contributed by atoms with Gasteiger partial charge in [0.15, 0.2) is 0 Å². The summed E-state index contributed by atoms with van der Waals surface area (Å²) in [6.45, 7) is 1.84. The van der Waals surface area contributed by atoms with Gasteiger partial charge in [0.25, 0.3) is 0 Å². The highest BCUT2D eigenvalue weighted by Gasteiger charge is 2.12. The van der Waals surface area contributed by atoms with Crippen molar-refractivity contribution >= 4 is 15.9 Å². The first-order valence-corrected chi connectivity index (χ1v) is 7.07. The molecular formula is C16H16BrFO2. The standard InChI is InChI=1S/C16H16BrFO2/c1-10-7-13(18)5-3-11(10)9-15(19)12-4-6-16(20-2)14(17)8-12/h3-8,15,19H,9H2,1-2H3. The van der Waals surface area contributed by atoms with Gasteiger partial charge in [0, 0.05) is 6.42 Å². The van der Waals surface area contributed by atoms with Gasteiger partial charge >= 0.3 is 0 Å². The Balaban J connectivity index is 2.19. The molecule has 0 aromatic heterocycles. The Bertz CT molecular complexity index is 613. The largest absolute Gasteiger partial charge is 0.496 e. The van der Waals surface area contributed by atoms with Crippen LogP contribution in [0.2, 0.25) is 0 Å². The van der Waals surface area contributed by atoms with E-state index in [0.717, 1.165) is 26.9 Å². The molecule has 0 aliphatic heterocycles. The van der Waals surface area contributed by atoms with Crippen molar-refractivity contribution in [1.82, 2.24) is 0 Å². The second kappa shape index (κ2) is 6.37. The van der Waals surface area contributed by atoms with Crippen LogP contribution in [0.1, 0.15) is 22.8 Å². The maximum atomic E-state index is 13.1. The zero-order valence-corrected chi connectivity index (χ0v) is 12.9. The highest BCUT2D eigenvalue weighted by atomic mass is 79.9. The van der Waals surface area contributed by atoms with Gasteiger partial charge in [0.1, 0.15) is 11.6 Å². The minimum atomic E-state index is -0.638. The maximum absolute atomic E-state index is 13.1. The number of hydrogen-bond donors (Lipinski definition) is 1. The van der Waals surface area contributed by atoms with Crippen LogP contribution in [-0.4, -0.2) is 12.2 Å². The minimum Gasteiger partial charge on any atom is -0.496 e. The molecule has 2 aromatic carbocycles. The van der Waals surface area contributed by atoms with Crippen molar-refractivity contribution in [3.05, 3.63) is 63.4 Å². The van der Waals surface area contributed by atoms with E-state index in [9.17, 15) is 9.50 Å². The molecule has 0 aliphatic carbocycles. The fourth-order valence-corrected chi connectivity index (χ4v) is 2.66. The smallest absolute Gasteiger partial charge is 0.133 e. The van der Waals surface area contributed by atoms with E-state index < -0.39 is 6.10 Å². The van der Waals surface area contributed by atoms with Crippen LogP contribution in [0, 0.1) is 12.7 Å². The summed E-state index contributed by atoms with van der Waals surface area (Å²) in [7, 11) is 1.60. The van der Waals surface area contributed by atoms with Crippen molar-refractivity contribution in [3.63, 3.8) is 0 Å². The van der Waals surface area contributed by atoms with Crippen molar-refractivity contribution in [2.75, 3.05) is 7.11 Å². The zero-order chi connectivity index (χ0) is 14.7. The van der Waals surface area contributed by atoms with Crippen LogP contribution in [0.25, 0.3) is 0 Å². The van der Waals surface area contributed by atoms with Crippen molar-refractivity contribution in [3.8, 4) is 5.75 Å². The zero-order valence-electron chi connectivity index (χ0n) is 11.4. The van der Waals surface area contributed by atoms with Crippen LogP contribution in [0.15, 0.2) is 40.9 Å². The van der Waals surface area contributed by atoms with Crippen LogP contribution < -0.4 is 4.74 Å². The monoisotopic (exact) mass is 338 g/mol. The first-order chi connectivity index (χ1) is 9.51. The lowest BCUT2D eigenvalue weighted by Gasteiger charge is -2.14. The average Bonchev–Trinajstić information content (AvgIpc) is 2.41. The Labute approximate surface area is 126 Å². The SMILES string of the molecule is COc1ccc(C(O)Cc2ccc(F)cc2C)cc1Br. The molecule has 0 aliphatic rings. The molecule has 0 saturated carbocycles. The fourth-order valence-electron chi connectivity index (χ4n) is 2.10. The van der Waals surface area contributed by atoms with Gasteiger partial charge in [0.05, 0.1) is 17.7 Å². The minimum absolute atomic E-state index is 0.257. The van der Waals surface area contributed by atoms with E-state index in [1.807, 2.05) is 19.1 Å². The maximum Gasteiger partial charge on any atom is 0.133 e. The summed E-state index contributed by atoms with van der Waals surface area (Å²) in [5.41, 5.74) is 2.57. The Morgan fingerprint density at radius 1 is 1.25 bits per heavy atom. The molecule has 0 bridgehead atoms. The molecule has 0 saturated heterocycles. The number of aryl methyl sites for hydroxylation is 1. The van der Waals surface area contributed by atoms with Crippen LogP contribution >= 0.6 is 15.9 Å². The second-order valence-electron chi connectivity index (χ2n) is 4.68. The molecule has 1 unspecified atom stereocenters. The van der Waals surface area contributed by atoms with E-state index in [2.05, 4.69) is 15.9 Å². The van der Waals surface area contributed by atoms with Crippen molar-refractivity contribution in [2.45, 2.75) is 19.4 Å². The Morgan fingerprint density at radius 3 is 2.60 bits per heavy atom. The normalized spacial score (nSPS) is 12.2. The summed E-state index contributed by atoms with van der Waals surface area (Å²) in [5, 5.41) is 10.3. The van der Waals surface area contributed by atoms with Gasteiger partial charge in [-0.3, -0.25) is 0 Å². The van der Waals surface area contributed by atoms with Gasteiger partial charge in [-0.15, -0.1) is 0 Å². The fraction of sp³-hybridized carbons (Fsp3) is 0.250. The number of halogens is 2. The molecule has 0 heterocycles. The van der Waals surface area contributed by atoms with Crippen LogP contribution in [0.4, 0.5) is 4.39 Å². The average molecular weight is 339 g/mol. The summed E-state index contributed by atoms with van der Waals surface area (Å²) < 4.78 is 19.0. The highest BCUT2D eigenvalue weighted by Crippen LogP contribution is 2.29. The number of hydrogen-bond acceptors (Lipinski definition) is 2. The molecule has 0 fully saturated rings. The van der Waals surface area contributed by atoms with Crippen molar-refractivity contribution in [1.29, 1.82) is 0 Å². The third-order valence-corrected chi connectivity index (χ3v) is 3.90. The summed E-state index contributed by atoms with van der Waals surface area (Å²) in [5.74, 6) is 0.465. The van der Waals surface area contributed by atoms with Crippen LogP contribution in [0.5, 0.6) is 5.75 Å². The lowest BCUT2D eigenvalue weighted by atomic mass is 9.98. The first-order valence-electron chi connectivity index (χ1n) is 6.28. The van der Waals surface area contributed by atoms with Crippen molar-refractivity contribution in [2.24, 2.45) is 0 Å². The van der Waals surface area contributed by atoms with E-state index in [1.165, 1.54) is 12.1 Å². The lowest BCUT2D eigenvalue weighted by Crippen LogP contribution is -2.04. The first kappa shape index (κ1) is 15.0. The number of aliphatic hydroxyl groups is 1. The molecule has 0 radical (unpaired) electrons. The third-order valence-electron chi connectivity index (χ3n) is 3.28. The topological polar surface area (TPSA) is 29.5 Å². The van der Waals surface area contributed by atoms with Gasteiger partial charge in [0.2, 0.25) is 0 Å². The van der Waals surface area contributed by atoms with E-state index in [0.29, 0.717) is 6.42 Å². The summed E-state index contributed by atoms with van der Waals surface area (Å²) in [6.07, 6.45) is -0.188. The number of ether oxygens (including phenoxy) is 1. The van der Waals surface area contributed by atoms with E-state index in [1.54, 1.807) is 19.2 Å². The van der Waals surface area contributed by atoms with Gasteiger partial charge < -0.3 is 9.84 Å². The van der Waals surface area contributed by atoms with Crippen LogP contribution in [0.3, 0.4) is 0 Å². The second-order valence-corrected chi connectivity index (χ2v) is 5.54. The molecule has 4 heteroatoms. The number of methoxy groups -OCH3 is 1. The predicted octanol–water partition coefficient (Wildman–Crippen LogP) is 4.18. The van der Waals surface area contributed by atoms with Crippen molar-refractivity contribution < 1.29 is 14.2 Å². The Hall–Kier alpha value is -1.39. The highest BCUT2D eigenvalue weighted by molar-refractivity contribution is 9.10. The van der Waals surface area contributed by atoms with E-state index in [4.69, 9.17) is 4.74 Å².